The number of carbonyl (C=O) groups is 1. The largest absolute Gasteiger partial charge is 0.473 e. The zero-order valence-electron chi connectivity index (χ0n) is 13.6. The van der Waals surface area contributed by atoms with Crippen LogP contribution in [0.25, 0.3) is 0 Å². The van der Waals surface area contributed by atoms with Gasteiger partial charge in [0.1, 0.15) is 6.61 Å². The highest BCUT2D eigenvalue weighted by molar-refractivity contribution is 5.91. The lowest BCUT2D eigenvalue weighted by molar-refractivity contribution is -0.0444. The van der Waals surface area contributed by atoms with Crippen molar-refractivity contribution in [1.29, 1.82) is 0 Å². The number of nitrogens with one attached hydrogen (secondary N) is 1. The van der Waals surface area contributed by atoms with Gasteiger partial charge in [-0.25, -0.2) is 10.2 Å². The van der Waals surface area contributed by atoms with Crippen LogP contribution in [0.5, 0.6) is 5.88 Å². The third kappa shape index (κ3) is 3.93. The molecule has 1 aliphatic rings. The lowest BCUT2D eigenvalue weighted by atomic mass is 10.2. The van der Waals surface area contributed by atoms with Crippen LogP contribution in [-0.2, 0) is 16.2 Å². The number of carbonyl (C=O) groups excluding carboxylic acids is 1. The second kappa shape index (κ2) is 7.94. The highest BCUT2D eigenvalue weighted by atomic mass is 16.6. The van der Waals surface area contributed by atoms with Gasteiger partial charge in [-0.1, -0.05) is 30.3 Å². The van der Waals surface area contributed by atoms with E-state index in [1.807, 2.05) is 30.3 Å². The maximum atomic E-state index is 12.0. The Balaban J connectivity index is 1.80. The van der Waals surface area contributed by atoms with Crippen molar-refractivity contribution in [3.63, 3.8) is 0 Å². The summed E-state index contributed by atoms with van der Waals surface area (Å²) in [5, 5.41) is 4.34. The van der Waals surface area contributed by atoms with Crippen LogP contribution >= 0.6 is 0 Å². The molecule has 1 atom stereocenters. The molecule has 7 nitrogen and oxygen atoms in total. The van der Waals surface area contributed by atoms with Crippen molar-refractivity contribution in [3.8, 4) is 5.88 Å². The van der Waals surface area contributed by atoms with Crippen LogP contribution in [0.4, 0.5) is 0 Å². The lowest BCUT2D eigenvalue weighted by Crippen LogP contribution is -2.24. The van der Waals surface area contributed by atoms with Gasteiger partial charge in [-0.15, -0.1) is 0 Å². The molecule has 128 valence electrons. The Hall–Kier alpha value is -2.38. The molecule has 0 spiro atoms. The predicted molar refractivity (Wildman–Crippen MR) is 86.3 cm³/mol. The number of hydrogen-bond donors (Lipinski definition) is 1. The molecule has 3 rings (SSSR count). The summed E-state index contributed by atoms with van der Waals surface area (Å²) in [6.45, 7) is 1.08. The van der Waals surface area contributed by atoms with Gasteiger partial charge in [0.05, 0.1) is 7.11 Å². The molecule has 1 aromatic carbocycles. The standard InChI is InChI=1S/C17H21N3O4/c1-22-19-17(21)14-11-16(24-12-13-7-3-2-4-8-13)20(18-14)15-9-5-6-10-23-15/h2-4,7-8,11,15H,5-6,9-10,12H2,1H3,(H,19,21). The first-order chi connectivity index (χ1) is 11.8. The summed E-state index contributed by atoms with van der Waals surface area (Å²) in [5.41, 5.74) is 3.54. The fraction of sp³-hybridized carbons (Fsp3) is 0.412. The van der Waals surface area contributed by atoms with Gasteiger partial charge < -0.3 is 9.47 Å². The molecule has 0 bridgehead atoms. The van der Waals surface area contributed by atoms with E-state index in [1.165, 1.54) is 7.11 Å². The maximum Gasteiger partial charge on any atom is 0.295 e. The van der Waals surface area contributed by atoms with E-state index in [4.69, 9.17) is 9.47 Å². The highest BCUT2D eigenvalue weighted by Gasteiger charge is 2.23. The quantitative estimate of drug-likeness (QED) is 0.823. The average Bonchev–Trinajstić information content (AvgIpc) is 3.06. The molecule has 0 saturated carbocycles. The molecule has 1 saturated heterocycles. The monoisotopic (exact) mass is 331 g/mol. The van der Waals surface area contributed by atoms with Crippen LogP contribution in [0.3, 0.4) is 0 Å². The number of benzene rings is 1. The van der Waals surface area contributed by atoms with Crippen LogP contribution < -0.4 is 10.2 Å². The lowest BCUT2D eigenvalue weighted by Gasteiger charge is -2.24. The Labute approximate surface area is 140 Å². The van der Waals surface area contributed by atoms with Crippen LogP contribution in [-0.4, -0.2) is 29.4 Å². The number of ether oxygens (including phenoxy) is 2. The second-order valence-electron chi connectivity index (χ2n) is 5.54. The van der Waals surface area contributed by atoms with Crippen LogP contribution in [0.2, 0.25) is 0 Å². The van der Waals surface area contributed by atoms with Crippen LogP contribution in [0, 0.1) is 0 Å². The smallest absolute Gasteiger partial charge is 0.295 e. The molecule has 2 aromatic rings. The molecule has 0 aliphatic carbocycles. The van der Waals surface area contributed by atoms with Gasteiger partial charge in [-0.3, -0.25) is 9.63 Å². The predicted octanol–water partition coefficient (Wildman–Crippen LogP) is 2.45. The molecule has 7 heteroatoms. The molecule has 1 unspecified atom stereocenters. The van der Waals surface area contributed by atoms with E-state index in [-0.39, 0.29) is 11.9 Å². The van der Waals surface area contributed by atoms with Crippen molar-refractivity contribution in [2.24, 2.45) is 0 Å². The van der Waals surface area contributed by atoms with E-state index < -0.39 is 5.91 Å². The summed E-state index contributed by atoms with van der Waals surface area (Å²) in [5.74, 6) is 0.0867. The molecule has 1 amide bonds. The Morgan fingerprint density at radius 3 is 2.92 bits per heavy atom. The number of hydrogen-bond acceptors (Lipinski definition) is 5. The van der Waals surface area contributed by atoms with Crippen molar-refractivity contribution >= 4 is 5.91 Å². The minimum atomic E-state index is -0.420. The molecule has 2 heterocycles. The molecule has 1 aliphatic heterocycles. The minimum absolute atomic E-state index is 0.214. The summed E-state index contributed by atoms with van der Waals surface area (Å²) < 4.78 is 13.3. The number of nitrogens with zero attached hydrogens (tertiary/aromatic N) is 2. The number of hydroxylamine groups is 1. The Bertz CT molecular complexity index is 666. The van der Waals surface area contributed by atoms with E-state index >= 15 is 0 Å². The Kier molecular flexibility index (Phi) is 5.45. The number of aromatic nitrogens is 2. The molecule has 1 N–H and O–H groups in total. The van der Waals surface area contributed by atoms with E-state index in [0.717, 1.165) is 24.8 Å². The van der Waals surface area contributed by atoms with Crippen molar-refractivity contribution in [2.45, 2.75) is 32.1 Å². The summed E-state index contributed by atoms with van der Waals surface area (Å²) in [6, 6.07) is 11.4. The van der Waals surface area contributed by atoms with Crippen molar-refractivity contribution < 1.29 is 19.1 Å². The van der Waals surface area contributed by atoms with Gasteiger partial charge in [-0.05, 0) is 24.8 Å². The summed E-state index contributed by atoms with van der Waals surface area (Å²) in [6.07, 6.45) is 2.72. The van der Waals surface area contributed by atoms with Crippen molar-refractivity contribution in [2.75, 3.05) is 13.7 Å². The van der Waals surface area contributed by atoms with Gasteiger partial charge in [0.2, 0.25) is 5.88 Å². The van der Waals surface area contributed by atoms with E-state index in [0.29, 0.717) is 19.1 Å². The summed E-state index contributed by atoms with van der Waals surface area (Å²) in [4.78, 5) is 16.6. The maximum absolute atomic E-state index is 12.0. The van der Waals surface area contributed by atoms with E-state index in [1.54, 1.807) is 10.7 Å². The molecular formula is C17H21N3O4. The first kappa shape index (κ1) is 16.5. The van der Waals surface area contributed by atoms with Gasteiger partial charge in [-0.2, -0.15) is 5.10 Å². The van der Waals surface area contributed by atoms with Gasteiger partial charge in [0.15, 0.2) is 11.9 Å². The zero-order valence-corrected chi connectivity index (χ0v) is 13.6. The second-order valence-corrected chi connectivity index (χ2v) is 5.54. The molecule has 24 heavy (non-hydrogen) atoms. The van der Waals surface area contributed by atoms with Gasteiger partial charge in [0, 0.05) is 12.7 Å². The Morgan fingerprint density at radius 1 is 1.38 bits per heavy atom. The first-order valence-electron chi connectivity index (χ1n) is 7.99. The fourth-order valence-corrected chi connectivity index (χ4v) is 2.60. The zero-order chi connectivity index (χ0) is 16.8. The average molecular weight is 331 g/mol. The van der Waals surface area contributed by atoms with Gasteiger partial charge >= 0.3 is 0 Å². The fourth-order valence-electron chi connectivity index (χ4n) is 2.60. The summed E-state index contributed by atoms with van der Waals surface area (Å²) in [7, 11) is 1.38. The van der Waals surface area contributed by atoms with Crippen molar-refractivity contribution in [3.05, 3.63) is 47.7 Å². The molecule has 1 fully saturated rings. The molecule has 1 aromatic heterocycles. The number of amides is 1. The SMILES string of the molecule is CONC(=O)c1cc(OCc2ccccc2)n(C2CCCCO2)n1. The van der Waals surface area contributed by atoms with Crippen molar-refractivity contribution in [1.82, 2.24) is 15.3 Å². The third-order valence-electron chi connectivity index (χ3n) is 3.79. The topological polar surface area (TPSA) is 74.6 Å². The normalized spacial score (nSPS) is 17.5. The molecular weight excluding hydrogens is 310 g/mol. The highest BCUT2D eigenvalue weighted by Crippen LogP contribution is 2.28. The van der Waals surface area contributed by atoms with Gasteiger partial charge in [0.25, 0.3) is 5.91 Å². The van der Waals surface area contributed by atoms with Crippen LogP contribution in [0.15, 0.2) is 36.4 Å². The van der Waals surface area contributed by atoms with Crippen LogP contribution in [0.1, 0.15) is 41.5 Å². The third-order valence-corrected chi connectivity index (χ3v) is 3.79. The minimum Gasteiger partial charge on any atom is -0.473 e. The first-order valence-corrected chi connectivity index (χ1v) is 7.99. The van der Waals surface area contributed by atoms with E-state index in [2.05, 4.69) is 15.4 Å². The molecule has 0 radical (unpaired) electrons. The summed E-state index contributed by atoms with van der Waals surface area (Å²) >= 11 is 0. The number of rotatable bonds is 6. The Morgan fingerprint density at radius 2 is 2.21 bits per heavy atom. The van der Waals surface area contributed by atoms with E-state index in [9.17, 15) is 4.79 Å².